The van der Waals surface area contributed by atoms with Crippen molar-refractivity contribution in [3.63, 3.8) is 0 Å². The Labute approximate surface area is 169 Å². The minimum Gasteiger partial charge on any atom is -0.427 e. The molecule has 0 bridgehead atoms. The first-order valence-electron chi connectivity index (χ1n) is 8.32. The number of rotatable bonds is 7. The van der Waals surface area contributed by atoms with Gasteiger partial charge in [0.15, 0.2) is 0 Å². The number of ether oxygens (including phenoxy) is 2. The van der Waals surface area contributed by atoms with Gasteiger partial charge < -0.3 is 9.47 Å². The summed E-state index contributed by atoms with van der Waals surface area (Å²) in [6, 6.07) is 7.33. The van der Waals surface area contributed by atoms with Crippen molar-refractivity contribution in [1.82, 2.24) is 0 Å². The lowest BCUT2D eigenvalue weighted by atomic mass is 10.1. The predicted molar refractivity (Wildman–Crippen MR) is 105 cm³/mol. The second-order valence-corrected chi connectivity index (χ2v) is 5.91. The first kappa shape index (κ1) is 21.9. The molecular formula is C18H16N4O8. The molecule has 12 heteroatoms. The number of nitrogens with one attached hydrogen (secondary N) is 1. The summed E-state index contributed by atoms with van der Waals surface area (Å²) >= 11 is 0. The molecule has 30 heavy (non-hydrogen) atoms. The molecular weight excluding hydrogens is 400 g/mol. The van der Waals surface area contributed by atoms with Gasteiger partial charge in [-0.2, -0.15) is 5.10 Å². The van der Waals surface area contributed by atoms with Crippen LogP contribution in [0.1, 0.15) is 26.3 Å². The molecule has 0 fully saturated rings. The molecule has 0 atom stereocenters. The Balaban J connectivity index is 2.39. The molecule has 0 heterocycles. The SMILES string of the molecule is CC(=O)Oc1cc(OC(C)=O)cc(/C(C)=N\Nc2ccc([N+](=O)[O-])cc2[N+](=O)[O-])c1. The van der Waals surface area contributed by atoms with E-state index in [0.29, 0.717) is 11.3 Å². The normalized spacial score (nSPS) is 10.8. The van der Waals surface area contributed by atoms with E-state index in [1.54, 1.807) is 6.92 Å². The van der Waals surface area contributed by atoms with Crippen molar-refractivity contribution in [3.05, 3.63) is 62.2 Å². The third-order valence-corrected chi connectivity index (χ3v) is 3.55. The Morgan fingerprint density at radius 2 is 1.47 bits per heavy atom. The number of benzene rings is 2. The van der Waals surface area contributed by atoms with E-state index >= 15 is 0 Å². The van der Waals surface area contributed by atoms with E-state index in [1.807, 2.05) is 0 Å². The van der Waals surface area contributed by atoms with E-state index in [1.165, 1.54) is 32.0 Å². The average Bonchev–Trinajstić information content (AvgIpc) is 2.64. The summed E-state index contributed by atoms with van der Waals surface area (Å²) in [6.45, 7) is 3.96. The van der Waals surface area contributed by atoms with Crippen LogP contribution in [0.2, 0.25) is 0 Å². The van der Waals surface area contributed by atoms with Gasteiger partial charge in [-0.15, -0.1) is 0 Å². The van der Waals surface area contributed by atoms with Gasteiger partial charge in [0, 0.05) is 31.5 Å². The molecule has 0 saturated carbocycles. The molecule has 0 radical (unpaired) electrons. The van der Waals surface area contributed by atoms with Crippen LogP contribution in [-0.4, -0.2) is 27.5 Å². The summed E-state index contributed by atoms with van der Waals surface area (Å²) < 4.78 is 10.0. The average molecular weight is 416 g/mol. The summed E-state index contributed by atoms with van der Waals surface area (Å²) in [5, 5.41) is 26.1. The second-order valence-electron chi connectivity index (χ2n) is 5.91. The zero-order valence-corrected chi connectivity index (χ0v) is 16.1. The lowest BCUT2D eigenvalue weighted by molar-refractivity contribution is -0.393. The number of nitro benzene ring substituents is 2. The van der Waals surface area contributed by atoms with Gasteiger partial charge >= 0.3 is 17.6 Å². The van der Waals surface area contributed by atoms with Crippen molar-refractivity contribution in [2.45, 2.75) is 20.8 Å². The Hall–Kier alpha value is -4.35. The molecule has 2 rings (SSSR count). The van der Waals surface area contributed by atoms with Crippen LogP contribution < -0.4 is 14.9 Å². The summed E-state index contributed by atoms with van der Waals surface area (Å²) in [4.78, 5) is 43.0. The number of anilines is 1. The topological polar surface area (TPSA) is 163 Å². The zero-order chi connectivity index (χ0) is 22.4. The third kappa shape index (κ3) is 5.82. The fourth-order valence-electron chi connectivity index (χ4n) is 2.32. The Kier molecular flexibility index (Phi) is 6.75. The second kappa shape index (κ2) is 9.23. The minimum atomic E-state index is -0.777. The van der Waals surface area contributed by atoms with Crippen LogP contribution in [0.15, 0.2) is 41.5 Å². The van der Waals surface area contributed by atoms with Crippen molar-refractivity contribution in [1.29, 1.82) is 0 Å². The van der Waals surface area contributed by atoms with Gasteiger partial charge in [0.25, 0.3) is 5.69 Å². The number of hydrazone groups is 1. The Morgan fingerprint density at radius 1 is 0.900 bits per heavy atom. The Morgan fingerprint density at radius 3 is 1.93 bits per heavy atom. The van der Waals surface area contributed by atoms with E-state index in [9.17, 15) is 29.8 Å². The maximum atomic E-state index is 11.2. The Bertz CT molecular complexity index is 1030. The summed E-state index contributed by atoms with van der Waals surface area (Å²) in [7, 11) is 0. The number of nitrogens with zero attached hydrogens (tertiary/aromatic N) is 3. The maximum Gasteiger partial charge on any atom is 0.308 e. The van der Waals surface area contributed by atoms with E-state index in [-0.39, 0.29) is 17.2 Å². The molecule has 0 unspecified atom stereocenters. The first-order valence-corrected chi connectivity index (χ1v) is 8.32. The van der Waals surface area contributed by atoms with Crippen LogP contribution in [0.4, 0.5) is 17.1 Å². The number of esters is 2. The highest BCUT2D eigenvalue weighted by molar-refractivity contribution is 6.00. The van der Waals surface area contributed by atoms with Crippen molar-refractivity contribution in [2.24, 2.45) is 5.10 Å². The van der Waals surface area contributed by atoms with Crippen LogP contribution in [-0.2, 0) is 9.59 Å². The van der Waals surface area contributed by atoms with E-state index in [2.05, 4.69) is 10.5 Å². The third-order valence-electron chi connectivity index (χ3n) is 3.55. The minimum absolute atomic E-state index is 0.0682. The highest BCUT2D eigenvalue weighted by atomic mass is 16.6. The molecule has 0 aromatic heterocycles. The molecule has 2 aromatic carbocycles. The molecule has 0 spiro atoms. The van der Waals surface area contributed by atoms with Gasteiger partial charge in [0.1, 0.15) is 17.2 Å². The molecule has 12 nitrogen and oxygen atoms in total. The quantitative estimate of drug-likeness (QED) is 0.235. The van der Waals surface area contributed by atoms with Crippen molar-refractivity contribution in [3.8, 4) is 11.5 Å². The van der Waals surface area contributed by atoms with Gasteiger partial charge in [0.05, 0.1) is 21.6 Å². The monoisotopic (exact) mass is 416 g/mol. The van der Waals surface area contributed by atoms with Crippen LogP contribution in [0.3, 0.4) is 0 Å². The van der Waals surface area contributed by atoms with Gasteiger partial charge in [-0.05, 0) is 25.1 Å². The predicted octanol–water partition coefficient (Wildman–Crippen LogP) is 3.19. The standard InChI is InChI=1S/C18H16N4O8/c1-10(13-6-15(29-11(2)23)9-16(7-13)30-12(3)24)19-20-17-5-4-14(21(25)26)8-18(17)22(27)28/h4-9,20H,1-3H3/b19-10-. The number of hydrogen-bond donors (Lipinski definition) is 1. The largest absolute Gasteiger partial charge is 0.427 e. The van der Waals surface area contributed by atoms with Crippen LogP contribution in [0, 0.1) is 20.2 Å². The maximum absolute atomic E-state index is 11.2. The number of carbonyl (C=O) groups excluding carboxylic acids is 2. The van der Waals surface area contributed by atoms with E-state index in [0.717, 1.165) is 18.2 Å². The van der Waals surface area contributed by atoms with Gasteiger partial charge in [0.2, 0.25) is 0 Å². The van der Waals surface area contributed by atoms with Crippen molar-refractivity contribution >= 4 is 34.7 Å². The fourth-order valence-corrected chi connectivity index (χ4v) is 2.32. The molecule has 156 valence electrons. The molecule has 0 saturated heterocycles. The smallest absolute Gasteiger partial charge is 0.308 e. The van der Waals surface area contributed by atoms with Gasteiger partial charge in [-0.3, -0.25) is 35.2 Å². The molecule has 2 aromatic rings. The summed E-state index contributed by atoms with van der Waals surface area (Å²) in [6.07, 6.45) is 0. The number of carbonyl (C=O) groups is 2. The summed E-state index contributed by atoms with van der Waals surface area (Å²) in [5.74, 6) is -0.968. The first-order chi connectivity index (χ1) is 14.1. The lowest BCUT2D eigenvalue weighted by Gasteiger charge is -2.10. The van der Waals surface area contributed by atoms with Crippen LogP contribution in [0.25, 0.3) is 0 Å². The number of non-ortho nitro benzene ring substituents is 1. The van der Waals surface area contributed by atoms with Crippen molar-refractivity contribution in [2.75, 3.05) is 5.43 Å². The highest BCUT2D eigenvalue weighted by Crippen LogP contribution is 2.29. The summed E-state index contributed by atoms with van der Waals surface area (Å²) in [5.41, 5.74) is 2.14. The highest BCUT2D eigenvalue weighted by Gasteiger charge is 2.19. The number of hydrogen-bond acceptors (Lipinski definition) is 10. The lowest BCUT2D eigenvalue weighted by Crippen LogP contribution is -2.07. The fraction of sp³-hybridized carbons (Fsp3) is 0.167. The van der Waals surface area contributed by atoms with Crippen LogP contribution in [0.5, 0.6) is 11.5 Å². The molecule has 0 aliphatic heterocycles. The molecule has 0 aliphatic rings. The zero-order valence-electron chi connectivity index (χ0n) is 16.1. The van der Waals surface area contributed by atoms with Crippen molar-refractivity contribution < 1.29 is 28.9 Å². The molecule has 0 aliphatic carbocycles. The van der Waals surface area contributed by atoms with E-state index < -0.39 is 33.2 Å². The van der Waals surface area contributed by atoms with Crippen LogP contribution >= 0.6 is 0 Å². The molecule has 1 N–H and O–H groups in total. The molecule has 0 amide bonds. The van der Waals surface area contributed by atoms with Gasteiger partial charge in [-0.1, -0.05) is 0 Å². The van der Waals surface area contributed by atoms with Gasteiger partial charge in [-0.25, -0.2) is 0 Å². The number of nitro groups is 2. The van der Waals surface area contributed by atoms with E-state index in [4.69, 9.17) is 9.47 Å².